The molecule has 16 rings (SSSR count). The van der Waals surface area contributed by atoms with Gasteiger partial charge in [0, 0.05) is 99.5 Å². The number of nitrogen functional groups attached to an aromatic ring is 1. The lowest BCUT2D eigenvalue weighted by molar-refractivity contribution is -0.387. The van der Waals surface area contributed by atoms with Crippen LogP contribution < -0.4 is 56.0 Å². The van der Waals surface area contributed by atoms with Gasteiger partial charge in [-0.25, -0.2) is 76.7 Å². The topological polar surface area (TPSA) is 493 Å². The quantitative estimate of drug-likeness (QED) is 0.0225. The van der Waals surface area contributed by atoms with E-state index in [0.29, 0.717) is 115 Å². The van der Waals surface area contributed by atoms with Crippen molar-refractivity contribution in [1.82, 2.24) is 43.0 Å². The Morgan fingerprint density at radius 3 is 1.18 bits per heavy atom. The van der Waals surface area contributed by atoms with Crippen molar-refractivity contribution in [3.8, 4) is 0 Å². The molecule has 3 atom stereocenters. The first-order valence-electron chi connectivity index (χ1n) is 42.7. The van der Waals surface area contributed by atoms with Gasteiger partial charge in [0.15, 0.2) is 35.6 Å². The number of ether oxygens (including phenoxy) is 3. The van der Waals surface area contributed by atoms with Gasteiger partial charge < -0.3 is 36.3 Å². The molecule has 2 saturated carbocycles. The van der Waals surface area contributed by atoms with E-state index in [1.807, 2.05) is 39.0 Å². The molecule has 39 nitrogen and oxygen atoms in total. The van der Waals surface area contributed by atoms with Crippen molar-refractivity contribution >= 4 is 182 Å². The summed E-state index contributed by atoms with van der Waals surface area (Å²) >= 11 is 18.4. The fourth-order valence-electron chi connectivity index (χ4n) is 14.7. The molecule has 5 aliphatic rings. The number of anilines is 9. The molecule has 730 valence electrons. The smallest absolute Gasteiger partial charge is 0.304 e. The number of Topliss-reactive ketones (excluding diaryl/α,β-unsaturated/α-hetero) is 1. The normalized spacial score (nSPS) is 16.0. The van der Waals surface area contributed by atoms with Crippen molar-refractivity contribution in [2.75, 3.05) is 107 Å². The molecule has 47 heteroatoms. The first kappa shape index (κ1) is 105. The number of nitro benzene ring substituents is 2. The van der Waals surface area contributed by atoms with Gasteiger partial charge in [0.1, 0.15) is 37.9 Å². The second-order valence-electron chi connectivity index (χ2n) is 33.5. The summed E-state index contributed by atoms with van der Waals surface area (Å²) in [4.78, 5) is 94.6. The summed E-state index contributed by atoms with van der Waals surface area (Å²) in [7, 11) is -2.96. The molecule has 5 aromatic carbocycles. The van der Waals surface area contributed by atoms with Crippen LogP contribution in [-0.2, 0) is 91.5 Å². The van der Waals surface area contributed by atoms with Gasteiger partial charge in [-0.05, 0) is 213 Å². The molecule has 1 amide bonds. The second kappa shape index (κ2) is 44.0. The van der Waals surface area contributed by atoms with Gasteiger partial charge in [0.25, 0.3) is 22.4 Å². The molecule has 5 fully saturated rings. The molecule has 135 heavy (non-hydrogen) atoms. The molecular formula is C88H111Cl3FN19O20S4. The number of primary amides is 1. The number of amides is 1. The molecule has 3 saturated heterocycles. The highest BCUT2D eigenvalue weighted by atomic mass is 35.5. The van der Waals surface area contributed by atoms with Gasteiger partial charge in [-0.2, -0.15) is 4.39 Å². The first-order chi connectivity index (χ1) is 63.2. The van der Waals surface area contributed by atoms with E-state index in [-0.39, 0.29) is 87.0 Å². The minimum atomic E-state index is -3.53. The molecule has 0 spiro atoms. The van der Waals surface area contributed by atoms with E-state index in [1.54, 1.807) is 104 Å². The molecule has 0 bridgehead atoms. The lowest BCUT2D eigenvalue weighted by Gasteiger charge is -2.25. The maximum absolute atomic E-state index is 13.5. The second-order valence-corrected chi connectivity index (χ2v) is 42.7. The van der Waals surface area contributed by atoms with Gasteiger partial charge in [0.2, 0.25) is 51.8 Å². The highest BCUT2D eigenvalue weighted by Gasteiger charge is 2.34. The lowest BCUT2D eigenvalue weighted by Crippen LogP contribution is -2.27. The van der Waals surface area contributed by atoms with E-state index < -0.39 is 61.4 Å². The lowest BCUT2D eigenvalue weighted by atomic mass is 10.1. The standard InChI is InChI=1S/C26H33N5O5S.C21H26ClN5O4S.C12H13Cl2N3O2.C9H12N2O4S.C9H14N2O2S.C7H6FNO2.C4H7NO/c1-16-8-11-19(21(13-16)30(3)37(4,34)35)28-20-14-18(15-22(32)17-9-10-17)27-25-24(20)26(33)29(2)31(25)23-7-5-6-12-36-23;1-13-8-9-14(16(11-13)26(3)32(4,29)30)23-15-12-17(22)24-20-19(15)21(28)25(2)27(20)18-7-5-6-10-31-18;1-16-12(18)10-7(13)6-8(14)15-11(10)17(16)9-4-2-3-5-19-9;1-7-4-5-8(11(12)13)9(6-7)10(2)16(3,14)15;1-7-4-5-8(10)9(6-7)11(2)14(3,12)13;1-5-2-3-7(9(10)11)6(8)4-5;5-4(6)3-1-2-3/h8,11,13-14,17,23H,5-7,9-10,12,15H2,1-4H3,(H,27,28);8-9,11-12,18H,5-7,10H2,1-4H3,(H,23,24);6,9H,2-5H2,1H3;4-6H,1-3H3;4-6H,10H2,1-3H3;2-4H,1H3;3H,1-2H2,(H2,5,6). The number of carbonyl (C=O) groups is 2. The SMILES string of the molecule is Cc1ccc(N)c(N(C)S(C)(=O)=O)c1.Cc1ccc(Nc2cc(CC(=O)C3CC3)nc3c2c(=O)n(C)n3C2CCCCO2)c(N(C)S(C)(=O)=O)c1.Cc1ccc(Nc2cc(Cl)nc3c2c(=O)n(C)n3C2CCCCO2)c(N(C)S(C)(=O)=O)c1.Cc1ccc([N+](=O)[O-])c(F)c1.Cc1ccc([N+](=O)[O-])c(N(C)S(C)(=O)=O)c1.Cn1c(=O)c2c(Cl)cc(Cl)nc2n1C1CCCCO1.NC(=O)C1CC1. The number of halogens is 4. The van der Waals surface area contributed by atoms with Crippen molar-refractivity contribution in [2.24, 2.45) is 38.7 Å². The monoisotopic (exact) mass is 2010 g/mol. The number of hydrogen-bond acceptors (Lipinski definition) is 26. The molecule has 9 heterocycles. The summed E-state index contributed by atoms with van der Waals surface area (Å²) in [6, 6.07) is 29.1. The number of nitro groups is 2. The Labute approximate surface area is 795 Å². The highest BCUT2D eigenvalue weighted by molar-refractivity contribution is 7.92. The third-order valence-electron chi connectivity index (χ3n) is 22.7. The maximum Gasteiger partial charge on any atom is 0.304 e. The van der Waals surface area contributed by atoms with Crippen LogP contribution in [0.5, 0.6) is 0 Å². The fourth-order valence-corrected chi connectivity index (χ4v) is 17.5. The Kier molecular flexibility index (Phi) is 34.4. The summed E-state index contributed by atoms with van der Waals surface area (Å²) in [6.07, 6.45) is 16.0. The maximum atomic E-state index is 13.5. The summed E-state index contributed by atoms with van der Waals surface area (Å²) < 4.78 is 139. The van der Waals surface area contributed by atoms with Crippen LogP contribution in [0.1, 0.15) is 136 Å². The molecule has 6 aromatic heterocycles. The average Bonchev–Trinajstić information content (AvgIpc) is 1.63. The van der Waals surface area contributed by atoms with Crippen molar-refractivity contribution in [3.05, 3.63) is 215 Å². The number of pyridine rings is 3. The first-order valence-corrected chi connectivity index (χ1v) is 51.2. The van der Waals surface area contributed by atoms with Crippen LogP contribution in [0.15, 0.2) is 124 Å². The predicted octanol–water partition coefficient (Wildman–Crippen LogP) is 13.9. The largest absolute Gasteiger partial charge is 0.397 e. The Balaban J connectivity index is 0.000000173. The number of nitrogens with zero attached hydrogens (tertiary/aromatic N) is 15. The number of fused-ring (bicyclic) bond motifs is 3. The summed E-state index contributed by atoms with van der Waals surface area (Å²) in [6.45, 7) is 11.0. The van der Waals surface area contributed by atoms with Gasteiger partial charge in [-0.3, -0.25) is 61.4 Å². The van der Waals surface area contributed by atoms with Gasteiger partial charge >= 0.3 is 5.69 Å². The van der Waals surface area contributed by atoms with E-state index in [2.05, 4.69) is 20.6 Å². The third-order valence-corrected chi connectivity index (χ3v) is 28.2. The molecule has 3 aliphatic heterocycles. The molecule has 6 N–H and O–H groups in total. The van der Waals surface area contributed by atoms with E-state index in [0.717, 1.165) is 147 Å². The number of aromatic nitrogens is 9. The van der Waals surface area contributed by atoms with Crippen LogP contribution in [0, 0.1) is 72.5 Å². The van der Waals surface area contributed by atoms with Crippen LogP contribution in [0.4, 0.5) is 67.0 Å². The number of carbonyl (C=O) groups excluding carboxylic acids is 2. The zero-order chi connectivity index (χ0) is 99.7. The number of nitrogens with two attached hydrogens (primary N) is 2. The number of hydrogen-bond donors (Lipinski definition) is 4. The Hall–Kier alpha value is -11.6. The van der Waals surface area contributed by atoms with Crippen LogP contribution in [0.3, 0.4) is 0 Å². The number of rotatable bonds is 21. The third kappa shape index (κ3) is 26.4. The Bertz CT molecular complexity index is 7010. The minimum Gasteiger partial charge on any atom is -0.397 e. The summed E-state index contributed by atoms with van der Waals surface area (Å²) in [5, 5.41) is 29.3. The number of nitrogens with one attached hydrogen (secondary N) is 2. The molecule has 0 radical (unpaired) electrons. The average molecular weight is 2010 g/mol. The molecule has 2 aliphatic carbocycles. The zero-order valence-corrected chi connectivity index (χ0v) is 83.0. The number of benzene rings is 5. The summed E-state index contributed by atoms with van der Waals surface area (Å²) in [5.74, 6) is -0.444. The van der Waals surface area contributed by atoms with E-state index in [1.165, 1.54) is 79.4 Å². The van der Waals surface area contributed by atoms with E-state index in [9.17, 15) is 82.3 Å². The zero-order valence-electron chi connectivity index (χ0n) is 77.5. The van der Waals surface area contributed by atoms with Crippen molar-refractivity contribution < 1.29 is 71.7 Å². The van der Waals surface area contributed by atoms with E-state index in [4.69, 9.17) is 65.5 Å². The number of sulfonamides is 4. The Morgan fingerprint density at radius 1 is 0.459 bits per heavy atom. The van der Waals surface area contributed by atoms with Crippen LogP contribution >= 0.6 is 34.8 Å². The number of aryl methyl sites for hydroxylation is 5. The highest BCUT2D eigenvalue weighted by Crippen LogP contribution is 2.40. The van der Waals surface area contributed by atoms with Crippen molar-refractivity contribution in [1.29, 1.82) is 0 Å². The predicted molar refractivity (Wildman–Crippen MR) is 523 cm³/mol. The van der Waals surface area contributed by atoms with Gasteiger partial charge in [-0.15, -0.1) is 0 Å². The van der Waals surface area contributed by atoms with Crippen LogP contribution in [-0.4, -0.2) is 171 Å². The Morgan fingerprint density at radius 2 is 0.800 bits per heavy atom. The fraction of sp³-hybridized carbons (Fsp3) is 0.432. The number of ketones is 1. The molecular weight excluding hydrogens is 1900 g/mol. The van der Waals surface area contributed by atoms with Gasteiger partial charge in [0.05, 0.1) is 91.1 Å². The van der Waals surface area contributed by atoms with Crippen molar-refractivity contribution in [3.63, 3.8) is 0 Å². The van der Waals surface area contributed by atoms with Crippen LogP contribution in [0.2, 0.25) is 15.3 Å². The summed E-state index contributed by atoms with van der Waals surface area (Å²) in [5.41, 5.74) is 19.2. The van der Waals surface area contributed by atoms with Crippen molar-refractivity contribution in [2.45, 2.75) is 143 Å². The molecule has 11 aromatic rings. The van der Waals surface area contributed by atoms with Gasteiger partial charge in [-0.1, -0.05) is 65.1 Å². The van der Waals surface area contributed by atoms with E-state index >= 15 is 0 Å². The minimum absolute atomic E-state index is 0.0764. The molecule has 3 unspecified atom stereocenters. The van der Waals surface area contributed by atoms with Crippen LogP contribution in [0.25, 0.3) is 33.1 Å².